The number of carbonyl (C=O) groups is 1. The van der Waals surface area contributed by atoms with E-state index >= 15 is 0 Å². The van der Waals surface area contributed by atoms with Crippen LogP contribution in [0.5, 0.6) is 0 Å². The second-order valence-electron chi connectivity index (χ2n) is 4.73. The van der Waals surface area contributed by atoms with E-state index < -0.39 is 0 Å². The lowest BCUT2D eigenvalue weighted by atomic mass is 9.91. The van der Waals surface area contributed by atoms with Crippen LogP contribution in [0.1, 0.15) is 50.2 Å². The molecule has 1 aromatic rings. The van der Waals surface area contributed by atoms with Crippen molar-refractivity contribution in [3.05, 3.63) is 11.7 Å². The zero-order chi connectivity index (χ0) is 13.7. The van der Waals surface area contributed by atoms with E-state index in [9.17, 15) is 4.79 Å². The molecule has 2 rings (SSSR count). The fourth-order valence-electron chi connectivity index (χ4n) is 2.56. The van der Waals surface area contributed by atoms with Crippen LogP contribution < -0.4 is 0 Å². The average molecular weight is 284 g/mol. The van der Waals surface area contributed by atoms with Gasteiger partial charge in [-0.05, 0) is 24.5 Å². The first-order chi connectivity index (χ1) is 9.26. The van der Waals surface area contributed by atoms with Gasteiger partial charge in [-0.2, -0.15) is 16.7 Å². The Labute approximate surface area is 117 Å². The van der Waals surface area contributed by atoms with E-state index in [1.807, 2.05) is 0 Å². The lowest BCUT2D eigenvalue weighted by Gasteiger charge is -2.16. The molecule has 0 bridgehead atoms. The first kappa shape index (κ1) is 14.4. The summed E-state index contributed by atoms with van der Waals surface area (Å²) in [6, 6.07) is 0. The molecule has 0 amide bonds. The monoisotopic (exact) mass is 284 g/mol. The van der Waals surface area contributed by atoms with Crippen LogP contribution in [0.3, 0.4) is 0 Å². The maximum atomic E-state index is 12.0. The second-order valence-corrected chi connectivity index (χ2v) is 6.01. The summed E-state index contributed by atoms with van der Waals surface area (Å²) < 4.78 is 10.2. The summed E-state index contributed by atoms with van der Waals surface area (Å²) in [7, 11) is 1.41. The van der Waals surface area contributed by atoms with Gasteiger partial charge in [-0.15, -0.1) is 0 Å². The van der Waals surface area contributed by atoms with Crippen molar-refractivity contribution in [3.63, 3.8) is 0 Å². The third-order valence-corrected chi connectivity index (χ3v) is 4.38. The van der Waals surface area contributed by atoms with Crippen LogP contribution in [0.25, 0.3) is 0 Å². The van der Waals surface area contributed by atoms with Gasteiger partial charge in [-0.3, -0.25) is 4.79 Å². The minimum atomic E-state index is -0.389. The van der Waals surface area contributed by atoms with Crippen molar-refractivity contribution in [1.29, 1.82) is 0 Å². The molecule has 1 heterocycles. The first-order valence-electron chi connectivity index (χ1n) is 6.74. The van der Waals surface area contributed by atoms with E-state index in [0.717, 1.165) is 37.2 Å². The number of rotatable bonds is 6. The molecule has 106 valence electrons. The number of nitrogens with zero attached hydrogens (tertiary/aromatic N) is 2. The van der Waals surface area contributed by atoms with E-state index in [0.29, 0.717) is 11.7 Å². The number of thioether (sulfide) groups is 1. The molecule has 0 aliphatic heterocycles. The lowest BCUT2D eigenvalue weighted by molar-refractivity contribution is -0.144. The van der Waals surface area contributed by atoms with Crippen molar-refractivity contribution in [3.8, 4) is 0 Å². The van der Waals surface area contributed by atoms with Crippen LogP contribution >= 0.6 is 11.8 Å². The Morgan fingerprint density at radius 3 is 2.89 bits per heavy atom. The Hall–Kier alpha value is -1.04. The zero-order valence-electron chi connectivity index (χ0n) is 11.4. The van der Waals surface area contributed by atoms with E-state index in [2.05, 4.69) is 17.1 Å². The van der Waals surface area contributed by atoms with E-state index in [1.54, 1.807) is 11.8 Å². The van der Waals surface area contributed by atoms with Crippen molar-refractivity contribution in [2.45, 2.75) is 44.3 Å². The van der Waals surface area contributed by atoms with E-state index in [4.69, 9.17) is 9.26 Å². The Morgan fingerprint density at radius 1 is 1.53 bits per heavy atom. The summed E-state index contributed by atoms with van der Waals surface area (Å²) in [5, 5.41) is 3.95. The number of carbonyl (C=O) groups excluding carboxylic acids is 1. The summed E-state index contributed by atoms with van der Waals surface area (Å²) in [5.74, 6) is 2.44. The first-order valence-corrected chi connectivity index (χ1v) is 7.89. The predicted molar refractivity (Wildman–Crippen MR) is 72.8 cm³/mol. The van der Waals surface area contributed by atoms with E-state index in [-0.39, 0.29) is 17.8 Å². The average Bonchev–Trinajstić information content (AvgIpc) is 3.08. The molecular weight excluding hydrogens is 264 g/mol. The molecule has 19 heavy (non-hydrogen) atoms. The molecular formula is C13H20N2O3S. The smallest absolute Gasteiger partial charge is 0.318 e. The molecule has 1 atom stereocenters. The third kappa shape index (κ3) is 3.49. The Kier molecular flexibility index (Phi) is 5.24. The third-order valence-electron chi connectivity index (χ3n) is 3.51. The van der Waals surface area contributed by atoms with Crippen LogP contribution in [-0.2, 0) is 15.3 Å². The van der Waals surface area contributed by atoms with Gasteiger partial charge in [0, 0.05) is 0 Å². The SMILES string of the molecule is CCSCc1noc(C(C(=O)OC)C2CCCC2)n1. The van der Waals surface area contributed by atoms with Crippen LogP contribution in [-0.4, -0.2) is 29.0 Å². The normalized spacial score (nSPS) is 17.6. The summed E-state index contributed by atoms with van der Waals surface area (Å²) in [6.07, 6.45) is 4.37. The number of methoxy groups -OCH3 is 1. The Morgan fingerprint density at radius 2 is 2.26 bits per heavy atom. The molecule has 1 aliphatic rings. The molecule has 1 unspecified atom stereocenters. The van der Waals surface area contributed by atoms with Gasteiger partial charge in [0.05, 0.1) is 12.9 Å². The van der Waals surface area contributed by atoms with Gasteiger partial charge >= 0.3 is 5.97 Å². The van der Waals surface area contributed by atoms with Gasteiger partial charge in [0.15, 0.2) is 5.82 Å². The molecule has 5 nitrogen and oxygen atoms in total. The Bertz CT molecular complexity index is 416. The number of esters is 1. The van der Waals surface area contributed by atoms with Crippen molar-refractivity contribution < 1.29 is 14.1 Å². The summed E-state index contributed by atoms with van der Waals surface area (Å²) in [5.41, 5.74) is 0. The number of hydrogen-bond acceptors (Lipinski definition) is 6. The van der Waals surface area contributed by atoms with Gasteiger partial charge in [0.25, 0.3) is 0 Å². The highest BCUT2D eigenvalue weighted by molar-refractivity contribution is 7.98. The number of aromatic nitrogens is 2. The van der Waals surface area contributed by atoms with Crippen molar-refractivity contribution in [1.82, 2.24) is 10.1 Å². The quantitative estimate of drug-likeness (QED) is 0.748. The Balaban J connectivity index is 2.12. The van der Waals surface area contributed by atoms with Crippen LogP contribution in [0.15, 0.2) is 4.52 Å². The number of hydrogen-bond donors (Lipinski definition) is 0. The zero-order valence-corrected chi connectivity index (χ0v) is 12.2. The molecule has 1 aromatic heterocycles. The highest BCUT2D eigenvalue weighted by Gasteiger charge is 2.37. The van der Waals surface area contributed by atoms with Gasteiger partial charge in [0.2, 0.25) is 5.89 Å². The van der Waals surface area contributed by atoms with Gasteiger partial charge < -0.3 is 9.26 Å². The predicted octanol–water partition coefficient (Wildman–Crippen LogP) is 2.77. The van der Waals surface area contributed by atoms with Gasteiger partial charge in [0.1, 0.15) is 5.92 Å². The van der Waals surface area contributed by atoms with Crippen LogP contribution in [0.4, 0.5) is 0 Å². The molecule has 0 N–H and O–H groups in total. The van der Waals surface area contributed by atoms with Crippen molar-refractivity contribution in [2.75, 3.05) is 12.9 Å². The molecule has 1 fully saturated rings. The second kappa shape index (κ2) is 6.93. The maximum Gasteiger partial charge on any atom is 0.318 e. The summed E-state index contributed by atoms with van der Waals surface area (Å²) in [6.45, 7) is 2.08. The molecule has 1 aliphatic carbocycles. The van der Waals surface area contributed by atoms with Crippen molar-refractivity contribution in [2.24, 2.45) is 5.92 Å². The fourth-order valence-corrected chi connectivity index (χ4v) is 3.06. The molecule has 0 aromatic carbocycles. The highest BCUT2D eigenvalue weighted by Crippen LogP contribution is 2.37. The minimum Gasteiger partial charge on any atom is -0.468 e. The standard InChI is InChI=1S/C13H20N2O3S/c1-3-19-8-10-14-12(18-15-10)11(13(16)17-2)9-6-4-5-7-9/h9,11H,3-8H2,1-2H3. The molecule has 0 saturated heterocycles. The summed E-state index contributed by atoms with van der Waals surface area (Å²) in [4.78, 5) is 16.3. The molecule has 6 heteroatoms. The highest BCUT2D eigenvalue weighted by atomic mass is 32.2. The van der Waals surface area contributed by atoms with E-state index in [1.165, 1.54) is 7.11 Å². The van der Waals surface area contributed by atoms with Gasteiger partial charge in [-0.25, -0.2) is 0 Å². The largest absolute Gasteiger partial charge is 0.468 e. The minimum absolute atomic E-state index is 0.259. The summed E-state index contributed by atoms with van der Waals surface area (Å²) >= 11 is 1.73. The topological polar surface area (TPSA) is 65.2 Å². The number of ether oxygens (including phenoxy) is 1. The fraction of sp³-hybridized carbons (Fsp3) is 0.769. The molecule has 0 spiro atoms. The van der Waals surface area contributed by atoms with Gasteiger partial charge in [-0.1, -0.05) is 24.9 Å². The van der Waals surface area contributed by atoms with Crippen molar-refractivity contribution >= 4 is 17.7 Å². The maximum absolute atomic E-state index is 12.0. The van der Waals surface area contributed by atoms with Crippen LogP contribution in [0.2, 0.25) is 0 Å². The lowest BCUT2D eigenvalue weighted by Crippen LogP contribution is -2.21. The van der Waals surface area contributed by atoms with Crippen LogP contribution in [0, 0.1) is 5.92 Å². The molecule has 0 radical (unpaired) electrons. The molecule has 1 saturated carbocycles.